The lowest BCUT2D eigenvalue weighted by Crippen LogP contribution is -2.33. The number of methoxy groups -OCH3 is 2. The van der Waals surface area contributed by atoms with Gasteiger partial charge < -0.3 is 20.1 Å². The summed E-state index contributed by atoms with van der Waals surface area (Å²) in [6, 6.07) is 10.9. The minimum atomic E-state index is -0.435. The molecule has 0 aliphatic heterocycles. The summed E-state index contributed by atoms with van der Waals surface area (Å²) in [6.07, 6.45) is 0.808. The van der Waals surface area contributed by atoms with E-state index in [4.69, 9.17) is 9.47 Å². The van der Waals surface area contributed by atoms with Crippen molar-refractivity contribution in [3.63, 3.8) is 0 Å². The van der Waals surface area contributed by atoms with Crippen molar-refractivity contribution in [1.82, 2.24) is 5.32 Å². The molecular formula is C20H24N2O4. The molecular weight excluding hydrogens is 332 g/mol. The molecule has 2 aromatic rings. The Labute approximate surface area is 153 Å². The Hall–Kier alpha value is -3.02. The fraction of sp³-hybridized carbons (Fsp3) is 0.300. The van der Waals surface area contributed by atoms with Gasteiger partial charge in [0, 0.05) is 5.69 Å². The van der Waals surface area contributed by atoms with Crippen molar-refractivity contribution in [3.05, 3.63) is 53.1 Å². The highest BCUT2D eigenvalue weighted by atomic mass is 16.5. The number of hydrogen-bond acceptors (Lipinski definition) is 4. The van der Waals surface area contributed by atoms with E-state index < -0.39 is 5.91 Å². The van der Waals surface area contributed by atoms with Crippen molar-refractivity contribution >= 4 is 17.5 Å². The van der Waals surface area contributed by atoms with E-state index in [1.165, 1.54) is 14.2 Å². The third-order valence-corrected chi connectivity index (χ3v) is 4.07. The molecule has 6 nitrogen and oxygen atoms in total. The van der Waals surface area contributed by atoms with Crippen LogP contribution in [0.25, 0.3) is 0 Å². The van der Waals surface area contributed by atoms with E-state index in [9.17, 15) is 9.59 Å². The van der Waals surface area contributed by atoms with Gasteiger partial charge in [0.1, 0.15) is 17.1 Å². The van der Waals surface area contributed by atoms with E-state index in [0.717, 1.165) is 23.2 Å². The maximum atomic E-state index is 12.5. The highest BCUT2D eigenvalue weighted by Gasteiger charge is 2.19. The monoisotopic (exact) mass is 356 g/mol. The second kappa shape index (κ2) is 8.89. The lowest BCUT2D eigenvalue weighted by molar-refractivity contribution is -0.115. The van der Waals surface area contributed by atoms with Gasteiger partial charge in [-0.2, -0.15) is 0 Å². The molecule has 0 bridgehead atoms. The van der Waals surface area contributed by atoms with E-state index in [0.29, 0.717) is 11.5 Å². The van der Waals surface area contributed by atoms with Gasteiger partial charge in [0.2, 0.25) is 5.91 Å². The fourth-order valence-electron chi connectivity index (χ4n) is 2.71. The zero-order valence-corrected chi connectivity index (χ0v) is 15.5. The van der Waals surface area contributed by atoms with Gasteiger partial charge in [-0.05, 0) is 36.6 Å². The van der Waals surface area contributed by atoms with Crippen LogP contribution in [-0.2, 0) is 11.2 Å². The minimum absolute atomic E-state index is 0.155. The number of carbonyl (C=O) groups is 2. The summed E-state index contributed by atoms with van der Waals surface area (Å²) in [7, 11) is 2.95. The lowest BCUT2D eigenvalue weighted by atomic mass is 10.1. The Morgan fingerprint density at radius 2 is 1.62 bits per heavy atom. The third kappa shape index (κ3) is 4.33. The third-order valence-electron chi connectivity index (χ3n) is 4.07. The highest BCUT2D eigenvalue weighted by molar-refractivity contribution is 6.03. The number of para-hydroxylation sites is 1. The van der Waals surface area contributed by atoms with Crippen LogP contribution in [0.2, 0.25) is 0 Å². The van der Waals surface area contributed by atoms with Crippen LogP contribution in [0.5, 0.6) is 11.5 Å². The molecule has 2 rings (SSSR count). The van der Waals surface area contributed by atoms with Gasteiger partial charge in [-0.3, -0.25) is 9.59 Å². The Morgan fingerprint density at radius 3 is 2.19 bits per heavy atom. The van der Waals surface area contributed by atoms with E-state index in [2.05, 4.69) is 10.6 Å². The molecule has 2 N–H and O–H groups in total. The van der Waals surface area contributed by atoms with E-state index >= 15 is 0 Å². The molecule has 0 aliphatic rings. The number of benzene rings is 2. The molecule has 6 heteroatoms. The van der Waals surface area contributed by atoms with Gasteiger partial charge in [-0.1, -0.05) is 31.2 Å². The summed E-state index contributed by atoms with van der Waals surface area (Å²) < 4.78 is 10.4. The first kappa shape index (κ1) is 19.3. The van der Waals surface area contributed by atoms with Crippen molar-refractivity contribution in [1.29, 1.82) is 0 Å². The Kier molecular flexibility index (Phi) is 6.60. The molecule has 0 unspecified atom stereocenters. The number of anilines is 1. The van der Waals surface area contributed by atoms with Crippen LogP contribution >= 0.6 is 0 Å². The topological polar surface area (TPSA) is 76.7 Å². The first-order valence-corrected chi connectivity index (χ1v) is 8.39. The summed E-state index contributed by atoms with van der Waals surface area (Å²) in [5.41, 5.74) is 3.09. The molecule has 0 heterocycles. The molecule has 0 aliphatic carbocycles. The maximum Gasteiger partial charge on any atom is 0.259 e. The summed E-state index contributed by atoms with van der Waals surface area (Å²) in [6.45, 7) is 3.81. The summed E-state index contributed by atoms with van der Waals surface area (Å²) >= 11 is 0. The van der Waals surface area contributed by atoms with Gasteiger partial charge >= 0.3 is 0 Å². The van der Waals surface area contributed by atoms with Gasteiger partial charge in [0.05, 0.1) is 20.8 Å². The zero-order chi connectivity index (χ0) is 19.1. The number of amides is 2. The van der Waals surface area contributed by atoms with Gasteiger partial charge in [0.25, 0.3) is 5.91 Å². The van der Waals surface area contributed by atoms with Crippen LogP contribution in [0.4, 0.5) is 5.69 Å². The van der Waals surface area contributed by atoms with E-state index in [1.54, 1.807) is 18.2 Å². The number of hydrogen-bond donors (Lipinski definition) is 2. The molecule has 0 spiro atoms. The van der Waals surface area contributed by atoms with Crippen molar-refractivity contribution in [3.8, 4) is 11.5 Å². The molecule has 0 aromatic heterocycles. The number of ether oxygens (including phenoxy) is 2. The molecule has 0 fully saturated rings. The first-order valence-electron chi connectivity index (χ1n) is 8.39. The summed E-state index contributed by atoms with van der Waals surface area (Å²) in [5.74, 6) is 0.0371. The lowest BCUT2D eigenvalue weighted by Gasteiger charge is -2.15. The standard InChI is InChI=1S/C20H24N2O4/c1-5-14-9-6-8-13(2)19(14)22-17(23)12-21-20(24)18-15(25-3)10-7-11-16(18)26-4/h6-11H,5,12H2,1-4H3,(H,21,24)(H,22,23). The highest BCUT2D eigenvalue weighted by Crippen LogP contribution is 2.28. The van der Waals surface area contributed by atoms with Gasteiger partial charge in [0.15, 0.2) is 0 Å². The van der Waals surface area contributed by atoms with Crippen LogP contribution in [0.1, 0.15) is 28.4 Å². The molecule has 0 saturated heterocycles. The van der Waals surface area contributed by atoms with Gasteiger partial charge in [-0.25, -0.2) is 0 Å². The number of carbonyl (C=O) groups excluding carboxylic acids is 2. The average molecular weight is 356 g/mol. The summed E-state index contributed by atoms with van der Waals surface area (Å²) in [5, 5.41) is 5.49. The minimum Gasteiger partial charge on any atom is -0.496 e. The molecule has 0 radical (unpaired) electrons. The average Bonchev–Trinajstić information content (AvgIpc) is 2.66. The normalized spacial score (nSPS) is 10.2. The van der Waals surface area contributed by atoms with Crippen LogP contribution in [0.15, 0.2) is 36.4 Å². The number of nitrogens with one attached hydrogen (secondary N) is 2. The molecule has 0 atom stereocenters. The summed E-state index contributed by atoms with van der Waals surface area (Å²) in [4.78, 5) is 24.8. The number of rotatable bonds is 7. The van der Waals surface area contributed by atoms with Gasteiger partial charge in [-0.15, -0.1) is 0 Å². The van der Waals surface area contributed by atoms with Crippen LogP contribution in [0, 0.1) is 6.92 Å². The second-order valence-electron chi connectivity index (χ2n) is 5.73. The quantitative estimate of drug-likeness (QED) is 0.800. The Bertz CT molecular complexity index is 780. The molecule has 138 valence electrons. The first-order chi connectivity index (χ1) is 12.5. The fourth-order valence-corrected chi connectivity index (χ4v) is 2.71. The number of aryl methyl sites for hydroxylation is 2. The molecule has 2 aromatic carbocycles. The van der Waals surface area contributed by atoms with Crippen molar-refractivity contribution in [2.45, 2.75) is 20.3 Å². The molecule has 0 saturated carbocycles. The predicted molar refractivity (Wildman–Crippen MR) is 101 cm³/mol. The maximum absolute atomic E-state index is 12.5. The van der Waals surface area contributed by atoms with Crippen LogP contribution < -0.4 is 20.1 Å². The molecule has 2 amide bonds. The second-order valence-corrected chi connectivity index (χ2v) is 5.73. The zero-order valence-electron chi connectivity index (χ0n) is 15.5. The molecule has 26 heavy (non-hydrogen) atoms. The van der Waals surface area contributed by atoms with Crippen molar-refractivity contribution in [2.75, 3.05) is 26.1 Å². The van der Waals surface area contributed by atoms with Crippen LogP contribution in [-0.4, -0.2) is 32.6 Å². The van der Waals surface area contributed by atoms with Crippen LogP contribution in [0.3, 0.4) is 0 Å². The Morgan fingerprint density at radius 1 is 1.00 bits per heavy atom. The SMILES string of the molecule is CCc1cccc(C)c1NC(=O)CNC(=O)c1c(OC)cccc1OC. The van der Waals surface area contributed by atoms with E-state index in [-0.39, 0.29) is 18.0 Å². The van der Waals surface area contributed by atoms with Crippen molar-refractivity contribution < 1.29 is 19.1 Å². The largest absolute Gasteiger partial charge is 0.496 e. The predicted octanol–water partition coefficient (Wildman–Crippen LogP) is 2.94. The van der Waals surface area contributed by atoms with E-state index in [1.807, 2.05) is 32.0 Å². The Balaban J connectivity index is 2.08. The van der Waals surface area contributed by atoms with Crippen molar-refractivity contribution in [2.24, 2.45) is 0 Å². The smallest absolute Gasteiger partial charge is 0.259 e.